The van der Waals surface area contributed by atoms with Crippen LogP contribution in [0, 0.1) is 0 Å². The molecule has 0 N–H and O–H groups in total. The Balaban J connectivity index is 0. The second kappa shape index (κ2) is 14.1. The zero-order valence-electron chi connectivity index (χ0n) is 10.5. The van der Waals surface area contributed by atoms with Crippen molar-refractivity contribution in [1.82, 2.24) is 0 Å². The maximum atomic E-state index is 2.32. The van der Waals surface area contributed by atoms with Gasteiger partial charge in [0, 0.05) is 17.4 Å². The predicted octanol–water partition coefficient (Wildman–Crippen LogP) is 4.50. The summed E-state index contributed by atoms with van der Waals surface area (Å²) < 4.78 is 0. The van der Waals surface area contributed by atoms with Crippen LogP contribution in [0.4, 0.5) is 0 Å². The number of hydrogen-bond acceptors (Lipinski definition) is 0. The average Bonchev–Trinajstić information content (AvgIpc) is 2.17. The molecule has 0 nitrogen and oxygen atoms in total. The summed E-state index contributed by atoms with van der Waals surface area (Å²) in [5.41, 5.74) is 0. The summed E-state index contributed by atoms with van der Waals surface area (Å²) in [6.45, 7) is 6.97. The van der Waals surface area contributed by atoms with E-state index in [2.05, 4.69) is 20.8 Å². The van der Waals surface area contributed by atoms with E-state index in [0.29, 0.717) is 0 Å². The Hall–Kier alpha value is 1.06. The molecule has 81 valence electrons. The molecule has 0 aromatic rings. The van der Waals surface area contributed by atoms with Gasteiger partial charge in [0.15, 0.2) is 0 Å². The van der Waals surface area contributed by atoms with Gasteiger partial charge in [0.2, 0.25) is 0 Å². The van der Waals surface area contributed by atoms with Crippen LogP contribution in [0.3, 0.4) is 0 Å². The van der Waals surface area contributed by atoms with E-state index in [9.17, 15) is 0 Å². The lowest BCUT2D eigenvalue weighted by molar-refractivity contribution is 0.812. The van der Waals surface area contributed by atoms with Crippen molar-refractivity contribution in [3.05, 3.63) is 0 Å². The highest BCUT2D eigenvalue weighted by molar-refractivity contribution is 6.58. The molecule has 14 heavy (non-hydrogen) atoms. The fraction of sp³-hybridized carbons (Fsp3) is 1.00. The second-order valence-corrected chi connectivity index (χ2v) is 7.76. The summed E-state index contributed by atoms with van der Waals surface area (Å²) in [7, 11) is 0. The quantitative estimate of drug-likeness (QED) is 0.507. The Morgan fingerprint density at radius 2 is 0.929 bits per heavy atom. The molecule has 0 bridgehead atoms. The van der Waals surface area contributed by atoms with Crippen molar-refractivity contribution in [3.8, 4) is 0 Å². The number of rotatable bonds is 9. The summed E-state index contributed by atoms with van der Waals surface area (Å²) in [6.07, 6.45) is 8.73. The molecule has 0 aromatic carbocycles. The van der Waals surface area contributed by atoms with Gasteiger partial charge in [-0.25, -0.2) is 0 Å². The highest BCUT2D eigenvalue weighted by atomic mass is 27.2. The van der Waals surface area contributed by atoms with Gasteiger partial charge < -0.3 is 0 Å². The van der Waals surface area contributed by atoms with E-state index in [4.69, 9.17) is 0 Å². The second-order valence-electron chi connectivity index (χ2n) is 4.29. The summed E-state index contributed by atoms with van der Waals surface area (Å²) in [4.78, 5) is 0. The molecule has 0 aliphatic rings. The fourth-order valence-electron chi connectivity index (χ4n) is 1.91. The van der Waals surface area contributed by atoms with E-state index in [1.165, 1.54) is 38.5 Å². The van der Waals surface area contributed by atoms with Gasteiger partial charge >= 0.3 is 0 Å². The zero-order chi connectivity index (χ0) is 9.94. The molecule has 0 amide bonds. The molecular formula is C12H27Al2. The Morgan fingerprint density at radius 1 is 0.643 bits per heavy atom. The van der Waals surface area contributed by atoms with Crippen LogP contribution in [-0.2, 0) is 0 Å². The van der Waals surface area contributed by atoms with Crippen molar-refractivity contribution in [2.24, 2.45) is 0 Å². The van der Waals surface area contributed by atoms with Crippen LogP contribution < -0.4 is 0 Å². The Bertz CT molecular complexity index is 75.3. The van der Waals surface area contributed by atoms with E-state index in [-0.39, 0.29) is 31.5 Å². The highest BCUT2D eigenvalue weighted by Crippen LogP contribution is 2.16. The van der Waals surface area contributed by atoms with Crippen molar-refractivity contribution in [2.75, 3.05) is 0 Å². The lowest BCUT2D eigenvalue weighted by atomic mass is 10.4. The van der Waals surface area contributed by atoms with Crippen molar-refractivity contribution in [1.29, 1.82) is 0 Å². The molecule has 0 rings (SSSR count). The summed E-state index contributed by atoms with van der Waals surface area (Å²) in [5, 5.41) is 4.86. The maximum absolute atomic E-state index is 2.32. The summed E-state index contributed by atoms with van der Waals surface area (Å²) in [6, 6.07) is 0. The van der Waals surface area contributed by atoms with Gasteiger partial charge in [0.25, 0.3) is 14.1 Å². The lowest BCUT2D eigenvalue weighted by Gasteiger charge is -2.09. The van der Waals surface area contributed by atoms with E-state index in [0.717, 1.165) is 0 Å². The van der Waals surface area contributed by atoms with Crippen LogP contribution >= 0.6 is 0 Å². The normalized spacial score (nSPS) is 9.64. The van der Waals surface area contributed by atoms with Crippen LogP contribution in [0.25, 0.3) is 0 Å². The fourth-order valence-corrected chi connectivity index (χ4v) is 5.73. The van der Waals surface area contributed by atoms with Crippen molar-refractivity contribution in [2.45, 2.75) is 75.1 Å². The molecule has 0 aromatic heterocycles. The van der Waals surface area contributed by atoms with Crippen molar-refractivity contribution in [3.63, 3.8) is 0 Å². The van der Waals surface area contributed by atoms with Gasteiger partial charge in [0.1, 0.15) is 0 Å². The molecule has 0 spiro atoms. The van der Waals surface area contributed by atoms with Gasteiger partial charge in [0.05, 0.1) is 0 Å². The first-order chi connectivity index (χ1) is 6.35. The van der Waals surface area contributed by atoms with Gasteiger partial charge in [-0.2, -0.15) is 0 Å². The van der Waals surface area contributed by atoms with Gasteiger partial charge in [-0.05, 0) is 0 Å². The Morgan fingerprint density at radius 3 is 1.14 bits per heavy atom. The molecule has 0 aliphatic heterocycles. The summed E-state index contributed by atoms with van der Waals surface area (Å²) in [5.74, 6) is 0. The molecule has 0 saturated carbocycles. The Labute approximate surface area is 106 Å². The van der Waals surface area contributed by atoms with Gasteiger partial charge in [-0.15, -0.1) is 0 Å². The molecule has 3 radical (unpaired) electrons. The monoisotopic (exact) mass is 225 g/mol. The standard InChI is InChI=1S/3C4H9.2Al/c3*1-3-4-2;;/h3*1,3-4H2,2H3;;. The maximum Gasteiger partial charge on any atom is 0.261 e. The number of hydrogen-bond donors (Lipinski definition) is 0. The Kier molecular flexibility index (Phi) is 17.5. The van der Waals surface area contributed by atoms with Crippen molar-refractivity contribution >= 4 is 31.5 Å². The van der Waals surface area contributed by atoms with Crippen molar-refractivity contribution < 1.29 is 0 Å². The van der Waals surface area contributed by atoms with Gasteiger partial charge in [-0.1, -0.05) is 75.1 Å². The van der Waals surface area contributed by atoms with Crippen LogP contribution in [0.2, 0.25) is 15.8 Å². The van der Waals surface area contributed by atoms with Crippen LogP contribution in [-0.4, -0.2) is 31.5 Å². The lowest BCUT2D eigenvalue weighted by Crippen LogP contribution is -2.11. The molecule has 0 atom stereocenters. The van der Waals surface area contributed by atoms with Gasteiger partial charge in [-0.3, -0.25) is 0 Å². The van der Waals surface area contributed by atoms with Crippen LogP contribution in [0.5, 0.6) is 0 Å². The first-order valence-corrected chi connectivity index (χ1v) is 8.80. The predicted molar refractivity (Wildman–Crippen MR) is 70.7 cm³/mol. The smallest absolute Gasteiger partial charge is 0.0939 e. The molecule has 0 saturated heterocycles. The molecule has 0 aliphatic carbocycles. The minimum Gasteiger partial charge on any atom is -0.0939 e. The van der Waals surface area contributed by atoms with E-state index < -0.39 is 0 Å². The van der Waals surface area contributed by atoms with E-state index in [1.54, 1.807) is 15.8 Å². The first kappa shape index (κ1) is 17.5. The minimum absolute atomic E-state index is 0. The van der Waals surface area contributed by atoms with E-state index >= 15 is 0 Å². The first-order valence-electron chi connectivity index (χ1n) is 6.35. The highest BCUT2D eigenvalue weighted by Gasteiger charge is 2.14. The third-order valence-corrected chi connectivity index (χ3v) is 6.57. The largest absolute Gasteiger partial charge is 0.261 e. The third kappa shape index (κ3) is 11.1. The topological polar surface area (TPSA) is 0 Å². The molecule has 0 unspecified atom stereocenters. The minimum atomic E-state index is -0.287. The number of unbranched alkanes of at least 4 members (excludes halogenated alkanes) is 3. The average molecular weight is 225 g/mol. The molecule has 0 fully saturated rings. The van der Waals surface area contributed by atoms with Crippen LogP contribution in [0.1, 0.15) is 59.3 Å². The zero-order valence-corrected chi connectivity index (χ0v) is 12.8. The van der Waals surface area contributed by atoms with Crippen LogP contribution in [0.15, 0.2) is 0 Å². The third-order valence-electron chi connectivity index (χ3n) is 2.90. The van der Waals surface area contributed by atoms with E-state index in [1.807, 2.05) is 0 Å². The summed E-state index contributed by atoms with van der Waals surface area (Å²) >= 11 is -0.287. The molecule has 2 heteroatoms. The SMILES string of the molecule is CCC[CH2][Al]([CH2]CCC)[CH2]CCC.[Al]. The molecule has 0 heterocycles. The molecular weight excluding hydrogens is 198 g/mol.